The van der Waals surface area contributed by atoms with Gasteiger partial charge in [-0.2, -0.15) is 0 Å². The molecule has 25 heavy (non-hydrogen) atoms. The molecule has 0 spiro atoms. The van der Waals surface area contributed by atoms with Crippen LogP contribution in [0.1, 0.15) is 44.5 Å². The van der Waals surface area contributed by atoms with Crippen LogP contribution in [-0.4, -0.2) is 41.8 Å². The van der Waals surface area contributed by atoms with Crippen LogP contribution in [0.5, 0.6) is 5.75 Å². The summed E-state index contributed by atoms with van der Waals surface area (Å²) in [6, 6.07) is 3.96. The van der Waals surface area contributed by atoms with Gasteiger partial charge in [-0.3, -0.25) is 14.5 Å². The molecular formula is C18H22ClNO5. The lowest BCUT2D eigenvalue weighted by atomic mass is 9.99. The van der Waals surface area contributed by atoms with Crippen LogP contribution in [0.15, 0.2) is 18.2 Å². The van der Waals surface area contributed by atoms with Crippen LogP contribution in [0.25, 0.3) is 0 Å². The van der Waals surface area contributed by atoms with E-state index < -0.39 is 17.6 Å². The number of carbonyl (C=O) groups is 3. The fourth-order valence-electron chi connectivity index (χ4n) is 2.76. The van der Waals surface area contributed by atoms with Crippen molar-refractivity contribution in [1.82, 2.24) is 0 Å². The second-order valence-corrected chi connectivity index (χ2v) is 6.47. The summed E-state index contributed by atoms with van der Waals surface area (Å²) < 4.78 is 10.9. The lowest BCUT2D eigenvalue weighted by molar-refractivity contribution is -0.147. The van der Waals surface area contributed by atoms with Crippen molar-refractivity contribution in [3.05, 3.63) is 23.8 Å². The number of anilines is 1. The molecule has 7 heteroatoms. The molecule has 0 fully saturated rings. The molecule has 0 aromatic heterocycles. The van der Waals surface area contributed by atoms with E-state index in [9.17, 15) is 14.4 Å². The Morgan fingerprint density at radius 2 is 2.00 bits per heavy atom. The van der Waals surface area contributed by atoms with Gasteiger partial charge in [-0.15, -0.1) is 11.6 Å². The minimum absolute atomic E-state index is 0.172. The Balaban J connectivity index is 2.59. The van der Waals surface area contributed by atoms with Crippen molar-refractivity contribution in [2.45, 2.75) is 45.8 Å². The van der Waals surface area contributed by atoms with E-state index in [1.54, 1.807) is 39.8 Å². The molecule has 6 nitrogen and oxygen atoms in total. The largest absolute Gasteiger partial charge is 0.476 e. The summed E-state index contributed by atoms with van der Waals surface area (Å²) >= 11 is 5.63. The van der Waals surface area contributed by atoms with Crippen molar-refractivity contribution in [2.75, 3.05) is 17.4 Å². The SMILES string of the molecule is CCOC(=O)C(CC)N1C(=O)C(C)(C)Oc2ccc(C(=O)CCl)cc21. The predicted molar refractivity (Wildman–Crippen MR) is 94.4 cm³/mol. The highest BCUT2D eigenvalue weighted by molar-refractivity contribution is 6.30. The third-order valence-electron chi connectivity index (χ3n) is 4.02. The van der Waals surface area contributed by atoms with Gasteiger partial charge < -0.3 is 9.47 Å². The standard InChI is InChI=1S/C18H22ClNO5/c1-5-12(16(22)24-6-2)20-13-9-11(14(21)10-19)7-8-15(13)25-18(3,4)17(20)23/h7-9,12H,5-6,10H2,1-4H3. The highest BCUT2D eigenvalue weighted by Gasteiger charge is 2.45. The Kier molecular flexibility index (Phi) is 5.72. The molecule has 0 aliphatic carbocycles. The van der Waals surface area contributed by atoms with Gasteiger partial charge in [0.15, 0.2) is 11.4 Å². The third kappa shape index (κ3) is 3.63. The molecule has 1 amide bonds. The Morgan fingerprint density at radius 1 is 1.32 bits per heavy atom. The molecule has 0 bridgehead atoms. The van der Waals surface area contributed by atoms with Gasteiger partial charge >= 0.3 is 5.97 Å². The maximum Gasteiger partial charge on any atom is 0.329 e. The highest BCUT2D eigenvalue weighted by Crippen LogP contribution is 2.40. The number of benzene rings is 1. The molecule has 1 atom stereocenters. The maximum absolute atomic E-state index is 13.0. The van der Waals surface area contributed by atoms with Crippen LogP contribution in [0.2, 0.25) is 0 Å². The number of hydrogen-bond acceptors (Lipinski definition) is 5. The number of halogens is 1. The summed E-state index contributed by atoms with van der Waals surface area (Å²) in [5.41, 5.74) is -0.404. The number of nitrogens with zero attached hydrogens (tertiary/aromatic N) is 1. The van der Waals surface area contributed by atoms with E-state index in [1.165, 1.54) is 11.0 Å². The van der Waals surface area contributed by atoms with Crippen molar-refractivity contribution in [2.24, 2.45) is 0 Å². The predicted octanol–water partition coefficient (Wildman–Crippen LogP) is 2.95. The number of fused-ring (bicyclic) bond motifs is 1. The van der Waals surface area contributed by atoms with Crippen molar-refractivity contribution >= 4 is 34.9 Å². The molecule has 1 aliphatic heterocycles. The summed E-state index contributed by atoms with van der Waals surface area (Å²) in [5.74, 6) is -0.871. The zero-order valence-electron chi connectivity index (χ0n) is 14.8. The topological polar surface area (TPSA) is 72.9 Å². The van der Waals surface area contributed by atoms with Gasteiger partial charge in [-0.1, -0.05) is 6.92 Å². The second kappa shape index (κ2) is 7.44. The van der Waals surface area contributed by atoms with Gasteiger partial charge in [-0.25, -0.2) is 4.79 Å². The number of carbonyl (C=O) groups excluding carboxylic acids is 3. The van der Waals surface area contributed by atoms with E-state index in [0.29, 0.717) is 23.4 Å². The molecule has 1 heterocycles. The molecule has 1 unspecified atom stereocenters. The van der Waals surface area contributed by atoms with Crippen LogP contribution in [0.4, 0.5) is 5.69 Å². The summed E-state index contributed by atoms with van der Waals surface area (Å²) in [4.78, 5) is 38.6. The molecule has 0 saturated carbocycles. The van der Waals surface area contributed by atoms with E-state index in [0.717, 1.165) is 0 Å². The summed E-state index contributed by atoms with van der Waals surface area (Å²) in [5, 5.41) is 0. The first-order valence-corrected chi connectivity index (χ1v) is 8.72. The summed E-state index contributed by atoms with van der Waals surface area (Å²) in [7, 11) is 0. The first-order chi connectivity index (χ1) is 11.8. The molecule has 1 aromatic rings. The fourth-order valence-corrected chi connectivity index (χ4v) is 2.92. The Morgan fingerprint density at radius 3 is 2.56 bits per heavy atom. The van der Waals surface area contributed by atoms with Crippen LogP contribution in [-0.2, 0) is 14.3 Å². The number of ether oxygens (including phenoxy) is 2. The minimum atomic E-state index is -1.13. The van der Waals surface area contributed by atoms with E-state index >= 15 is 0 Å². The van der Waals surface area contributed by atoms with Gasteiger partial charge in [0.25, 0.3) is 5.91 Å². The average Bonchev–Trinajstić information content (AvgIpc) is 2.57. The van der Waals surface area contributed by atoms with Crippen molar-refractivity contribution in [1.29, 1.82) is 0 Å². The first-order valence-electron chi connectivity index (χ1n) is 8.19. The van der Waals surface area contributed by atoms with Gasteiger partial charge in [0.2, 0.25) is 0 Å². The number of hydrogen-bond donors (Lipinski definition) is 0. The Labute approximate surface area is 152 Å². The fraction of sp³-hybridized carbons (Fsp3) is 0.500. The van der Waals surface area contributed by atoms with Gasteiger partial charge in [0.1, 0.15) is 11.8 Å². The molecule has 0 N–H and O–H groups in total. The van der Waals surface area contributed by atoms with Gasteiger partial charge in [0.05, 0.1) is 18.2 Å². The van der Waals surface area contributed by atoms with Crippen LogP contribution in [0, 0.1) is 0 Å². The third-order valence-corrected chi connectivity index (χ3v) is 4.26. The zero-order chi connectivity index (χ0) is 18.8. The maximum atomic E-state index is 13.0. The molecule has 1 aliphatic rings. The van der Waals surface area contributed by atoms with Crippen LogP contribution >= 0.6 is 11.6 Å². The quantitative estimate of drug-likeness (QED) is 0.439. The van der Waals surface area contributed by atoms with E-state index in [2.05, 4.69) is 0 Å². The normalized spacial score (nSPS) is 16.7. The van der Waals surface area contributed by atoms with Crippen LogP contribution < -0.4 is 9.64 Å². The van der Waals surface area contributed by atoms with E-state index in [1.807, 2.05) is 0 Å². The van der Waals surface area contributed by atoms with E-state index in [4.69, 9.17) is 21.1 Å². The lowest BCUT2D eigenvalue weighted by Crippen LogP contribution is -2.58. The summed E-state index contributed by atoms with van der Waals surface area (Å²) in [6.45, 7) is 7.00. The second-order valence-electron chi connectivity index (χ2n) is 6.20. The highest BCUT2D eigenvalue weighted by atomic mass is 35.5. The smallest absolute Gasteiger partial charge is 0.329 e. The lowest BCUT2D eigenvalue weighted by Gasteiger charge is -2.41. The molecule has 2 rings (SSSR count). The minimum Gasteiger partial charge on any atom is -0.476 e. The number of esters is 1. The molecule has 0 radical (unpaired) electrons. The van der Waals surface area contributed by atoms with Gasteiger partial charge in [0, 0.05) is 5.56 Å². The number of alkyl halides is 1. The first kappa shape index (κ1) is 19.2. The molecule has 136 valence electrons. The summed E-state index contributed by atoms with van der Waals surface area (Å²) in [6.07, 6.45) is 0.369. The molecular weight excluding hydrogens is 346 g/mol. The van der Waals surface area contributed by atoms with E-state index in [-0.39, 0.29) is 24.2 Å². The number of rotatable bonds is 6. The molecule has 0 saturated heterocycles. The number of ketones is 1. The monoisotopic (exact) mass is 367 g/mol. The average molecular weight is 368 g/mol. The van der Waals surface area contributed by atoms with Crippen molar-refractivity contribution < 1.29 is 23.9 Å². The number of Topliss-reactive ketones (excluding diaryl/α,β-unsaturated/α-hetero) is 1. The Hall–Kier alpha value is -2.08. The number of amides is 1. The Bertz CT molecular complexity index is 701. The molecule has 1 aromatic carbocycles. The van der Waals surface area contributed by atoms with Crippen LogP contribution in [0.3, 0.4) is 0 Å². The van der Waals surface area contributed by atoms with Gasteiger partial charge in [-0.05, 0) is 45.4 Å². The van der Waals surface area contributed by atoms with Crippen molar-refractivity contribution in [3.8, 4) is 5.75 Å². The zero-order valence-corrected chi connectivity index (χ0v) is 15.6. The van der Waals surface area contributed by atoms with Crippen molar-refractivity contribution in [3.63, 3.8) is 0 Å².